The SMILES string of the molecule is NC1CCCCCC1Oc1cc(Cl)c(F)cc1[N+](=O)[O-]. The van der Waals surface area contributed by atoms with Crippen LogP contribution in [0.2, 0.25) is 5.02 Å². The fourth-order valence-corrected chi connectivity index (χ4v) is 2.52. The third-order valence-corrected chi connectivity index (χ3v) is 3.77. The van der Waals surface area contributed by atoms with Crippen LogP contribution in [0, 0.1) is 15.9 Å². The highest BCUT2D eigenvalue weighted by atomic mass is 35.5. The van der Waals surface area contributed by atoms with Gasteiger partial charge in [0, 0.05) is 12.1 Å². The van der Waals surface area contributed by atoms with Crippen LogP contribution in [0.25, 0.3) is 0 Å². The highest BCUT2D eigenvalue weighted by Crippen LogP contribution is 2.34. The maximum atomic E-state index is 13.3. The summed E-state index contributed by atoms with van der Waals surface area (Å²) in [5, 5.41) is 10.8. The first-order valence-electron chi connectivity index (χ1n) is 6.54. The van der Waals surface area contributed by atoms with Crippen molar-refractivity contribution in [1.82, 2.24) is 0 Å². The zero-order valence-corrected chi connectivity index (χ0v) is 11.6. The van der Waals surface area contributed by atoms with Crippen molar-refractivity contribution in [2.75, 3.05) is 0 Å². The fourth-order valence-electron chi connectivity index (χ4n) is 2.37. The summed E-state index contributed by atoms with van der Waals surface area (Å²) < 4.78 is 19.0. The minimum atomic E-state index is -0.837. The Balaban J connectivity index is 2.27. The molecule has 0 spiro atoms. The number of nitrogens with two attached hydrogens (primary N) is 1. The molecular weight excluding hydrogens is 287 g/mol. The van der Waals surface area contributed by atoms with Gasteiger partial charge in [-0.25, -0.2) is 4.39 Å². The third kappa shape index (κ3) is 3.37. The Hall–Kier alpha value is -1.40. The summed E-state index contributed by atoms with van der Waals surface area (Å²) >= 11 is 5.67. The zero-order valence-electron chi connectivity index (χ0n) is 10.9. The molecule has 2 unspecified atom stereocenters. The van der Waals surface area contributed by atoms with Crippen molar-refractivity contribution >= 4 is 17.3 Å². The normalized spacial score (nSPS) is 23.1. The van der Waals surface area contributed by atoms with Crippen molar-refractivity contribution in [3.8, 4) is 5.75 Å². The van der Waals surface area contributed by atoms with Crippen LogP contribution in [-0.2, 0) is 0 Å². The molecule has 110 valence electrons. The molecule has 0 amide bonds. The van der Waals surface area contributed by atoms with E-state index in [1.54, 1.807) is 0 Å². The third-order valence-electron chi connectivity index (χ3n) is 3.48. The molecule has 1 saturated carbocycles. The van der Waals surface area contributed by atoms with E-state index in [2.05, 4.69) is 0 Å². The van der Waals surface area contributed by atoms with Gasteiger partial charge >= 0.3 is 5.69 Å². The van der Waals surface area contributed by atoms with Crippen LogP contribution in [0.3, 0.4) is 0 Å². The number of nitro groups is 1. The summed E-state index contributed by atoms with van der Waals surface area (Å²) in [4.78, 5) is 10.3. The maximum Gasteiger partial charge on any atom is 0.313 e. The molecule has 0 bridgehead atoms. The molecule has 2 rings (SSSR count). The van der Waals surface area contributed by atoms with Gasteiger partial charge in [-0.3, -0.25) is 10.1 Å². The van der Waals surface area contributed by atoms with E-state index in [4.69, 9.17) is 22.1 Å². The summed E-state index contributed by atoms with van der Waals surface area (Å²) in [7, 11) is 0. The Kier molecular flexibility index (Phi) is 4.77. The lowest BCUT2D eigenvalue weighted by Gasteiger charge is -2.22. The summed E-state index contributed by atoms with van der Waals surface area (Å²) in [6.07, 6.45) is 4.28. The lowest BCUT2D eigenvalue weighted by molar-refractivity contribution is -0.386. The standard InChI is InChI=1S/C13H16ClFN2O3/c14-8-6-13(11(17(18)19)7-9(8)15)20-12-5-3-1-2-4-10(12)16/h6-7,10,12H,1-5,16H2. The average Bonchev–Trinajstić information content (AvgIpc) is 2.59. The number of halogens is 2. The molecule has 2 atom stereocenters. The number of nitro benzene ring substituents is 1. The summed E-state index contributed by atoms with van der Waals surface area (Å²) in [6.45, 7) is 0. The number of rotatable bonds is 3. The van der Waals surface area contributed by atoms with Gasteiger partial charge in [0.25, 0.3) is 0 Å². The van der Waals surface area contributed by atoms with E-state index in [9.17, 15) is 14.5 Å². The second-order valence-corrected chi connectivity index (χ2v) is 5.36. The predicted molar refractivity (Wildman–Crippen MR) is 73.5 cm³/mol. The van der Waals surface area contributed by atoms with E-state index < -0.39 is 16.4 Å². The Labute approximate surface area is 121 Å². The Morgan fingerprint density at radius 1 is 1.35 bits per heavy atom. The Morgan fingerprint density at radius 2 is 2.05 bits per heavy atom. The van der Waals surface area contributed by atoms with Gasteiger partial charge in [0.1, 0.15) is 11.9 Å². The molecule has 1 aromatic carbocycles. The van der Waals surface area contributed by atoms with Crippen LogP contribution in [0.15, 0.2) is 12.1 Å². The lowest BCUT2D eigenvalue weighted by Crippen LogP contribution is -2.38. The smallest absolute Gasteiger partial charge is 0.313 e. The molecule has 0 aromatic heterocycles. The van der Waals surface area contributed by atoms with Gasteiger partial charge in [-0.1, -0.05) is 24.4 Å². The van der Waals surface area contributed by atoms with E-state index in [-0.39, 0.29) is 22.9 Å². The summed E-state index contributed by atoms with van der Waals surface area (Å²) in [5.41, 5.74) is 5.59. The number of nitrogens with zero attached hydrogens (tertiary/aromatic N) is 1. The minimum absolute atomic E-state index is 0.0243. The van der Waals surface area contributed by atoms with Crippen molar-refractivity contribution in [3.05, 3.63) is 33.1 Å². The van der Waals surface area contributed by atoms with Crippen LogP contribution in [0.5, 0.6) is 5.75 Å². The molecule has 0 aliphatic heterocycles. The largest absolute Gasteiger partial charge is 0.482 e. The molecular formula is C13H16ClFN2O3. The van der Waals surface area contributed by atoms with Crippen LogP contribution in [0.4, 0.5) is 10.1 Å². The monoisotopic (exact) mass is 302 g/mol. The first kappa shape index (κ1) is 15.0. The zero-order chi connectivity index (χ0) is 14.7. The molecule has 1 fully saturated rings. The minimum Gasteiger partial charge on any atom is -0.482 e. The molecule has 1 aliphatic rings. The second-order valence-electron chi connectivity index (χ2n) is 4.95. The van der Waals surface area contributed by atoms with Gasteiger partial charge in [-0.05, 0) is 19.3 Å². The quantitative estimate of drug-likeness (QED) is 0.527. The van der Waals surface area contributed by atoms with Gasteiger partial charge in [-0.15, -0.1) is 0 Å². The average molecular weight is 303 g/mol. The van der Waals surface area contributed by atoms with Gasteiger partial charge < -0.3 is 10.5 Å². The van der Waals surface area contributed by atoms with Gasteiger partial charge in [-0.2, -0.15) is 0 Å². The highest BCUT2D eigenvalue weighted by molar-refractivity contribution is 6.31. The second kappa shape index (κ2) is 6.37. The van der Waals surface area contributed by atoms with Crippen molar-refractivity contribution in [2.24, 2.45) is 5.73 Å². The number of benzene rings is 1. The molecule has 0 radical (unpaired) electrons. The molecule has 20 heavy (non-hydrogen) atoms. The van der Waals surface area contributed by atoms with Gasteiger partial charge in [0.15, 0.2) is 5.75 Å². The molecule has 0 saturated heterocycles. The topological polar surface area (TPSA) is 78.4 Å². The molecule has 1 aliphatic carbocycles. The first-order valence-corrected chi connectivity index (χ1v) is 6.92. The van der Waals surface area contributed by atoms with Crippen molar-refractivity contribution in [3.63, 3.8) is 0 Å². The van der Waals surface area contributed by atoms with E-state index >= 15 is 0 Å². The van der Waals surface area contributed by atoms with Crippen molar-refractivity contribution in [1.29, 1.82) is 0 Å². The van der Waals surface area contributed by atoms with E-state index in [1.807, 2.05) is 0 Å². The summed E-state index contributed by atoms with van der Waals surface area (Å²) in [5.74, 6) is -0.861. The van der Waals surface area contributed by atoms with Crippen LogP contribution in [0.1, 0.15) is 32.1 Å². The molecule has 2 N–H and O–H groups in total. The summed E-state index contributed by atoms with van der Waals surface area (Å²) in [6, 6.07) is 1.74. The van der Waals surface area contributed by atoms with E-state index in [0.29, 0.717) is 0 Å². The highest BCUT2D eigenvalue weighted by Gasteiger charge is 2.26. The van der Waals surface area contributed by atoms with Crippen LogP contribution in [-0.4, -0.2) is 17.1 Å². The van der Waals surface area contributed by atoms with Gasteiger partial charge in [0.05, 0.1) is 16.0 Å². The van der Waals surface area contributed by atoms with Crippen LogP contribution >= 0.6 is 11.6 Å². The number of hydrogen-bond acceptors (Lipinski definition) is 4. The Bertz CT molecular complexity index is 513. The molecule has 1 aromatic rings. The first-order chi connectivity index (χ1) is 9.49. The number of ether oxygens (including phenoxy) is 1. The van der Waals surface area contributed by atoms with Crippen LogP contribution < -0.4 is 10.5 Å². The van der Waals surface area contributed by atoms with Gasteiger partial charge in [0.2, 0.25) is 0 Å². The number of hydrogen-bond donors (Lipinski definition) is 1. The predicted octanol–water partition coefficient (Wildman–Crippen LogP) is 3.43. The molecule has 7 heteroatoms. The van der Waals surface area contributed by atoms with Crippen molar-refractivity contribution < 1.29 is 14.1 Å². The fraction of sp³-hybridized carbons (Fsp3) is 0.538. The molecule has 0 heterocycles. The van der Waals surface area contributed by atoms with E-state index in [0.717, 1.165) is 44.2 Å². The van der Waals surface area contributed by atoms with E-state index in [1.165, 1.54) is 0 Å². The lowest BCUT2D eigenvalue weighted by atomic mass is 10.1. The maximum absolute atomic E-state index is 13.3. The Morgan fingerprint density at radius 3 is 2.75 bits per heavy atom. The molecule has 5 nitrogen and oxygen atoms in total. The van der Waals surface area contributed by atoms with Crippen molar-refractivity contribution in [2.45, 2.75) is 44.2 Å².